The summed E-state index contributed by atoms with van der Waals surface area (Å²) in [6, 6.07) is 19.0. The molecule has 7 heteroatoms. The van der Waals surface area contributed by atoms with Crippen molar-refractivity contribution in [3.63, 3.8) is 0 Å². The monoisotopic (exact) mass is 1000 g/mol. The summed E-state index contributed by atoms with van der Waals surface area (Å²) < 4.78 is 2.93. The number of nitrogens with zero attached hydrogens (tertiary/aromatic N) is 2. The zero-order valence-corrected chi connectivity index (χ0v) is 43.6. The fraction of sp³-hybridized carbons (Fsp3) is 0.627. The molecule has 0 unspecified atom stereocenters. The number of aliphatic hydroxyl groups excluding tert-OH is 1. The van der Waals surface area contributed by atoms with Gasteiger partial charge in [-0.25, -0.2) is 4.98 Å². The molecule has 4 nitrogen and oxygen atoms in total. The van der Waals surface area contributed by atoms with Gasteiger partial charge in [-0.05, 0) is 64.3 Å². The summed E-state index contributed by atoms with van der Waals surface area (Å²) in [6.45, 7) is 38.1. The van der Waals surface area contributed by atoms with Gasteiger partial charge in [-0.15, -0.1) is 40.5 Å². The molecule has 4 rings (SSSR count). The van der Waals surface area contributed by atoms with Crippen molar-refractivity contribution >= 4 is 50.7 Å². The van der Waals surface area contributed by atoms with E-state index in [1.54, 1.807) is 10.8 Å². The van der Waals surface area contributed by atoms with Crippen LogP contribution in [0.25, 0.3) is 32.2 Å². The number of benzene rings is 2. The van der Waals surface area contributed by atoms with Gasteiger partial charge in [0, 0.05) is 48.4 Å². The van der Waals surface area contributed by atoms with Crippen molar-refractivity contribution in [2.75, 3.05) is 0 Å². The second kappa shape index (κ2) is 23.1. The average Bonchev–Trinajstić information content (AvgIpc) is 3.44. The molecule has 58 heavy (non-hydrogen) atoms. The molecule has 1 radical (unpaired) electrons. The first-order chi connectivity index (χ1) is 26.7. The number of aromatic nitrogens is 2. The number of ketones is 1. The van der Waals surface area contributed by atoms with Gasteiger partial charge < -0.3 is 5.11 Å². The molecule has 325 valence electrons. The van der Waals surface area contributed by atoms with Crippen molar-refractivity contribution in [1.29, 1.82) is 0 Å². The number of aryl methyl sites for hydroxylation is 1. The summed E-state index contributed by atoms with van der Waals surface area (Å²) in [4.78, 5) is 22.2. The van der Waals surface area contributed by atoms with Crippen LogP contribution in [0.1, 0.15) is 141 Å². The molecule has 0 atom stereocenters. The normalized spacial score (nSPS) is 12.8. The molecule has 0 aliphatic heterocycles. The minimum atomic E-state index is -1.76. The van der Waals surface area contributed by atoms with Crippen LogP contribution in [0.4, 0.5) is 0 Å². The number of hydrogen-bond donors (Lipinski definition) is 1. The maximum absolute atomic E-state index is 12.3. The predicted molar refractivity (Wildman–Crippen MR) is 254 cm³/mol. The summed E-state index contributed by atoms with van der Waals surface area (Å²) in [5.74, 6) is 4.26. The van der Waals surface area contributed by atoms with E-state index in [0.717, 1.165) is 29.6 Å². The van der Waals surface area contributed by atoms with Crippen LogP contribution in [0.2, 0.25) is 18.1 Å². The van der Waals surface area contributed by atoms with Crippen LogP contribution < -0.4 is 4.50 Å². The van der Waals surface area contributed by atoms with Crippen molar-refractivity contribution in [2.45, 2.75) is 155 Å². The van der Waals surface area contributed by atoms with Crippen molar-refractivity contribution in [1.82, 2.24) is 9.97 Å². The minimum absolute atomic E-state index is 0. The topological polar surface area (TPSA) is 63.1 Å². The summed E-state index contributed by atoms with van der Waals surface area (Å²) in [6.07, 6.45) is 5.55. The maximum atomic E-state index is 12.3. The number of aliphatic hydroxyl groups is 1. The quantitative estimate of drug-likeness (QED) is 0.0467. The van der Waals surface area contributed by atoms with E-state index in [-0.39, 0.29) is 43.5 Å². The Bertz CT molecular complexity index is 1880. The van der Waals surface area contributed by atoms with Gasteiger partial charge in [0.1, 0.15) is 14.4 Å². The second-order valence-corrected chi connectivity index (χ2v) is 25.4. The van der Waals surface area contributed by atoms with Crippen molar-refractivity contribution in [2.24, 2.45) is 53.3 Å². The van der Waals surface area contributed by atoms with Gasteiger partial charge in [0.25, 0.3) is 0 Å². The summed E-state index contributed by atoms with van der Waals surface area (Å²) in [5.41, 5.74) is 6.20. The van der Waals surface area contributed by atoms with Gasteiger partial charge in [-0.2, -0.15) is 0 Å². The number of thiophene rings is 1. The van der Waals surface area contributed by atoms with Crippen LogP contribution in [-0.2, 0) is 24.9 Å². The molecule has 0 spiro atoms. The van der Waals surface area contributed by atoms with Crippen molar-refractivity contribution < 1.29 is 30.0 Å². The Balaban J connectivity index is 0.000000494. The van der Waals surface area contributed by atoms with Gasteiger partial charge in [0.2, 0.25) is 0 Å². The molecule has 4 aromatic rings. The van der Waals surface area contributed by atoms with E-state index < -0.39 is 8.07 Å². The fourth-order valence-corrected chi connectivity index (χ4v) is 19.9. The summed E-state index contributed by atoms with van der Waals surface area (Å²) in [5, 5.41) is 12.8. The molecule has 0 saturated carbocycles. The molecular formula is C51H79IrN2O2SSi-. The van der Waals surface area contributed by atoms with Crippen LogP contribution >= 0.6 is 11.3 Å². The number of hydrogen-bond acceptors (Lipinski definition) is 5. The standard InChI is InChI=1S/C34H47N2SSi.C17H32O2.Ir/c1-10-26(11-2)30-17-28(16-27-14-12-13-15-29(27)30)32-33-31(35-21-36-32)25(9)34(37-33)38(18-22(3)4,19-23(5)6)20-24(7)8;1-10(2)16(11(3)4)14(18)9-15(19)17(12(5)6)13(7)8;/h12-15,17,21-24,26H,10-11,18-20H2,1-9H3;9-13,16-18H,1-8H3;/q-1;;/b;14-9-;. The zero-order chi connectivity index (χ0) is 42.9. The van der Waals surface area contributed by atoms with Crippen LogP contribution in [0, 0.1) is 66.3 Å². The predicted octanol–water partition coefficient (Wildman–Crippen LogP) is 15.0. The first kappa shape index (κ1) is 52.0. The molecule has 0 saturated heterocycles. The van der Waals surface area contributed by atoms with E-state index in [0.29, 0.717) is 47.3 Å². The molecule has 2 aromatic carbocycles. The van der Waals surface area contributed by atoms with Crippen LogP contribution in [0.5, 0.6) is 0 Å². The fourth-order valence-electron chi connectivity index (χ4n) is 10.3. The third-order valence-electron chi connectivity index (χ3n) is 11.9. The summed E-state index contributed by atoms with van der Waals surface area (Å²) in [7, 11) is -1.76. The van der Waals surface area contributed by atoms with E-state index in [4.69, 9.17) is 9.97 Å². The zero-order valence-electron chi connectivity index (χ0n) is 39.3. The number of rotatable bonds is 18. The second-order valence-electron chi connectivity index (χ2n) is 19.7. The van der Waals surface area contributed by atoms with Gasteiger partial charge in [0.05, 0.1) is 11.3 Å². The van der Waals surface area contributed by atoms with Crippen LogP contribution in [-0.4, -0.2) is 28.9 Å². The molecule has 0 aliphatic rings. The van der Waals surface area contributed by atoms with Gasteiger partial charge in [-0.1, -0.05) is 171 Å². The number of fused-ring (bicyclic) bond motifs is 2. The largest absolute Gasteiger partial charge is 0.512 e. The Morgan fingerprint density at radius 3 is 1.74 bits per heavy atom. The first-order valence-electron chi connectivity index (χ1n) is 22.3. The van der Waals surface area contributed by atoms with Crippen molar-refractivity contribution in [3.05, 3.63) is 65.7 Å². The summed E-state index contributed by atoms with van der Waals surface area (Å²) >= 11 is 2.03. The minimum Gasteiger partial charge on any atom is -0.512 e. The third kappa shape index (κ3) is 12.9. The Kier molecular flexibility index (Phi) is 20.7. The van der Waals surface area contributed by atoms with Gasteiger partial charge >= 0.3 is 0 Å². The molecule has 0 bridgehead atoms. The molecule has 0 amide bonds. The number of carbonyl (C=O) groups is 1. The third-order valence-corrected chi connectivity index (χ3v) is 20.7. The SMILES string of the molecule is CC(C)C(C(=O)/C=C(\O)C(C(C)C)C(C)C)C(C)C.CCC(CC)c1cc(-c2ncnc3c(C)c([Si](CC(C)C)(CC(C)C)CC(C)C)sc23)[c-]c2ccccc12.[Ir]. The van der Waals surface area contributed by atoms with E-state index >= 15 is 0 Å². The van der Waals surface area contributed by atoms with E-state index in [9.17, 15) is 9.90 Å². The van der Waals surface area contributed by atoms with Crippen LogP contribution in [0.15, 0.2) is 48.5 Å². The Labute approximate surface area is 373 Å². The molecule has 0 fully saturated rings. The number of carbonyl (C=O) groups excluding carboxylic acids is 1. The number of allylic oxidation sites excluding steroid dienone is 2. The van der Waals surface area contributed by atoms with Crippen molar-refractivity contribution in [3.8, 4) is 11.3 Å². The van der Waals surface area contributed by atoms with Gasteiger partial charge in [0.15, 0.2) is 5.78 Å². The molecule has 0 aliphatic carbocycles. The average molecular weight is 1000 g/mol. The smallest absolute Gasteiger partial charge is 0.162 e. The van der Waals surface area contributed by atoms with E-state index in [1.165, 1.54) is 50.8 Å². The van der Waals surface area contributed by atoms with Crippen LogP contribution in [0.3, 0.4) is 0 Å². The Morgan fingerprint density at radius 1 is 0.776 bits per heavy atom. The maximum Gasteiger partial charge on any atom is 0.162 e. The Hall–Kier alpha value is -2.18. The Morgan fingerprint density at radius 2 is 1.28 bits per heavy atom. The first-order valence-corrected chi connectivity index (χ1v) is 25.8. The van der Waals surface area contributed by atoms with E-state index in [2.05, 4.69) is 154 Å². The molecule has 1 N–H and O–H groups in total. The van der Waals surface area contributed by atoms with E-state index in [1.807, 2.05) is 11.3 Å². The molecule has 2 heterocycles. The molecular weight excluding hydrogens is 925 g/mol. The molecule has 2 aromatic heterocycles. The van der Waals surface area contributed by atoms with Gasteiger partial charge in [-0.3, -0.25) is 9.78 Å².